The highest BCUT2D eigenvalue weighted by Crippen LogP contribution is 2.38. The summed E-state index contributed by atoms with van der Waals surface area (Å²) in [5.41, 5.74) is 4.37. The summed E-state index contributed by atoms with van der Waals surface area (Å²) < 4.78 is 5.45. The maximum absolute atomic E-state index is 13.6. The fourth-order valence-corrected chi connectivity index (χ4v) is 4.30. The van der Waals surface area contributed by atoms with E-state index in [9.17, 15) is 4.79 Å². The van der Waals surface area contributed by atoms with Crippen molar-refractivity contribution >= 4 is 11.9 Å². The molecule has 1 saturated heterocycles. The smallest absolute Gasteiger partial charge is 0.254 e. The largest absolute Gasteiger partial charge is 0.496 e. The number of amides is 1. The molecule has 0 bridgehead atoms. The third kappa shape index (κ3) is 4.58. The predicted octanol–water partition coefficient (Wildman–Crippen LogP) is 4.32. The maximum Gasteiger partial charge on any atom is 0.254 e. The molecule has 3 heterocycles. The Morgan fingerprint density at radius 1 is 1.27 bits per heavy atom. The standard InChI is InChI=1S/C26H29N5O2/c1-5-7-19-16-20(9-10-23(19)33-4)25(32)31-15-6-8-22(31)24-21(18-11-13-27-14-12-18)17-28-26(29-24)30(2)3/h5,9-14,16-17,22H,1,6-8,15H2,2-4H3. The third-order valence-electron chi connectivity index (χ3n) is 5.92. The van der Waals surface area contributed by atoms with Gasteiger partial charge in [0.15, 0.2) is 0 Å². The number of nitrogens with zero attached hydrogens (tertiary/aromatic N) is 5. The first-order valence-electron chi connectivity index (χ1n) is 11.1. The van der Waals surface area contributed by atoms with Crippen molar-refractivity contribution in [2.75, 3.05) is 32.6 Å². The molecule has 1 aliphatic rings. The Morgan fingerprint density at radius 2 is 2.06 bits per heavy atom. The van der Waals surface area contributed by atoms with Crippen molar-refractivity contribution in [2.45, 2.75) is 25.3 Å². The lowest BCUT2D eigenvalue weighted by Gasteiger charge is -2.27. The minimum absolute atomic E-state index is 0.00356. The second-order valence-electron chi connectivity index (χ2n) is 8.28. The van der Waals surface area contributed by atoms with Gasteiger partial charge >= 0.3 is 0 Å². The van der Waals surface area contributed by atoms with Crippen LogP contribution in [-0.4, -0.2) is 53.5 Å². The number of aromatic nitrogens is 3. The molecule has 0 saturated carbocycles. The molecule has 7 nitrogen and oxygen atoms in total. The Bertz CT molecular complexity index is 1150. The molecule has 1 aromatic carbocycles. The van der Waals surface area contributed by atoms with Crippen LogP contribution in [0.15, 0.2) is 61.6 Å². The number of ether oxygens (including phenoxy) is 1. The predicted molar refractivity (Wildman–Crippen MR) is 129 cm³/mol. The lowest BCUT2D eigenvalue weighted by Crippen LogP contribution is -2.31. The van der Waals surface area contributed by atoms with Gasteiger partial charge < -0.3 is 14.5 Å². The highest BCUT2D eigenvalue weighted by molar-refractivity contribution is 5.95. The van der Waals surface area contributed by atoms with Crippen molar-refractivity contribution in [2.24, 2.45) is 0 Å². The molecule has 1 atom stereocenters. The first-order valence-corrected chi connectivity index (χ1v) is 11.1. The number of anilines is 1. The number of pyridine rings is 1. The van der Waals surface area contributed by atoms with Crippen LogP contribution < -0.4 is 9.64 Å². The van der Waals surface area contributed by atoms with Crippen LogP contribution in [0.4, 0.5) is 5.95 Å². The van der Waals surface area contributed by atoms with Crippen molar-refractivity contribution in [3.8, 4) is 16.9 Å². The summed E-state index contributed by atoms with van der Waals surface area (Å²) in [4.78, 5) is 31.0. The van der Waals surface area contributed by atoms with Crippen LogP contribution in [0, 0.1) is 0 Å². The number of allylic oxidation sites excluding steroid dienone is 1. The average Bonchev–Trinajstić information content (AvgIpc) is 3.33. The van der Waals surface area contributed by atoms with E-state index in [0.717, 1.165) is 41.0 Å². The molecule has 170 valence electrons. The van der Waals surface area contributed by atoms with Crippen LogP contribution in [0.1, 0.15) is 40.5 Å². The molecule has 3 aromatic rings. The van der Waals surface area contributed by atoms with Gasteiger partial charge in [0, 0.05) is 50.4 Å². The molecular weight excluding hydrogens is 414 g/mol. The van der Waals surface area contributed by atoms with E-state index >= 15 is 0 Å². The van der Waals surface area contributed by atoms with Gasteiger partial charge in [-0.2, -0.15) is 0 Å². The van der Waals surface area contributed by atoms with Gasteiger partial charge in [-0.3, -0.25) is 9.78 Å². The number of hydrogen-bond acceptors (Lipinski definition) is 6. The molecule has 4 rings (SSSR count). The molecule has 2 aromatic heterocycles. The van der Waals surface area contributed by atoms with Crippen LogP contribution >= 0.6 is 0 Å². The Labute approximate surface area is 194 Å². The molecule has 0 spiro atoms. The Balaban J connectivity index is 1.74. The summed E-state index contributed by atoms with van der Waals surface area (Å²) in [7, 11) is 5.47. The molecule has 7 heteroatoms. The number of hydrogen-bond donors (Lipinski definition) is 0. The average molecular weight is 444 g/mol. The van der Waals surface area contributed by atoms with Gasteiger partial charge in [-0.05, 0) is 60.7 Å². The number of rotatable bonds is 7. The van der Waals surface area contributed by atoms with Crippen molar-refractivity contribution < 1.29 is 9.53 Å². The summed E-state index contributed by atoms with van der Waals surface area (Å²) in [6.45, 7) is 4.51. The van der Waals surface area contributed by atoms with Gasteiger partial charge in [-0.25, -0.2) is 9.97 Å². The second kappa shape index (κ2) is 9.81. The van der Waals surface area contributed by atoms with E-state index < -0.39 is 0 Å². The molecule has 1 fully saturated rings. The second-order valence-corrected chi connectivity index (χ2v) is 8.28. The molecule has 1 aliphatic heterocycles. The normalized spacial score (nSPS) is 15.4. The molecule has 0 N–H and O–H groups in total. The van der Waals surface area contributed by atoms with E-state index in [2.05, 4.69) is 16.5 Å². The minimum atomic E-state index is -0.132. The van der Waals surface area contributed by atoms with Crippen molar-refractivity contribution in [3.05, 3.63) is 78.4 Å². The SMILES string of the molecule is C=CCc1cc(C(=O)N2CCCC2c2nc(N(C)C)ncc2-c2ccncc2)ccc1OC. The van der Waals surface area contributed by atoms with Crippen molar-refractivity contribution in [1.29, 1.82) is 0 Å². The lowest BCUT2D eigenvalue weighted by atomic mass is 10.00. The number of carbonyl (C=O) groups is 1. The maximum atomic E-state index is 13.6. The first-order chi connectivity index (χ1) is 16.0. The third-order valence-corrected chi connectivity index (χ3v) is 5.92. The summed E-state index contributed by atoms with van der Waals surface area (Å²) in [5.74, 6) is 1.38. The lowest BCUT2D eigenvalue weighted by molar-refractivity contribution is 0.0733. The van der Waals surface area contributed by atoms with Crippen LogP contribution in [0.2, 0.25) is 0 Å². The molecule has 0 aliphatic carbocycles. The fourth-order valence-electron chi connectivity index (χ4n) is 4.30. The Morgan fingerprint density at radius 3 is 2.76 bits per heavy atom. The van der Waals surface area contributed by atoms with Gasteiger partial charge in [0.1, 0.15) is 5.75 Å². The van der Waals surface area contributed by atoms with E-state index in [1.165, 1.54) is 0 Å². The van der Waals surface area contributed by atoms with Crippen molar-refractivity contribution in [3.63, 3.8) is 0 Å². The van der Waals surface area contributed by atoms with Gasteiger partial charge in [-0.1, -0.05) is 6.08 Å². The van der Waals surface area contributed by atoms with Gasteiger partial charge in [0.05, 0.1) is 18.8 Å². The molecule has 1 amide bonds. The van der Waals surface area contributed by atoms with E-state index in [0.29, 0.717) is 24.5 Å². The summed E-state index contributed by atoms with van der Waals surface area (Å²) in [6.07, 6.45) is 9.59. The van der Waals surface area contributed by atoms with E-state index in [4.69, 9.17) is 9.72 Å². The number of methoxy groups -OCH3 is 1. The Kier molecular flexibility index (Phi) is 6.68. The Hall–Kier alpha value is -3.74. The molecule has 33 heavy (non-hydrogen) atoms. The van der Waals surface area contributed by atoms with Crippen molar-refractivity contribution in [1.82, 2.24) is 19.9 Å². The summed E-state index contributed by atoms with van der Waals surface area (Å²) in [6, 6.07) is 9.36. The van der Waals surface area contributed by atoms with E-state index in [-0.39, 0.29) is 11.9 Å². The number of likely N-dealkylation sites (tertiary alicyclic amines) is 1. The van der Waals surface area contributed by atoms with E-state index in [1.807, 2.05) is 66.5 Å². The molecular formula is C26H29N5O2. The topological polar surface area (TPSA) is 71.5 Å². The summed E-state index contributed by atoms with van der Waals surface area (Å²) in [5, 5.41) is 0. The number of carbonyl (C=O) groups excluding carboxylic acids is 1. The summed E-state index contributed by atoms with van der Waals surface area (Å²) >= 11 is 0. The number of benzene rings is 1. The fraction of sp³-hybridized carbons (Fsp3) is 0.308. The molecule has 0 radical (unpaired) electrons. The van der Waals surface area contributed by atoms with Crippen LogP contribution in [-0.2, 0) is 6.42 Å². The van der Waals surface area contributed by atoms with Gasteiger partial charge in [0.2, 0.25) is 5.95 Å². The van der Waals surface area contributed by atoms with E-state index in [1.54, 1.807) is 19.5 Å². The van der Waals surface area contributed by atoms with Crippen LogP contribution in [0.25, 0.3) is 11.1 Å². The van der Waals surface area contributed by atoms with Gasteiger partial charge in [0.25, 0.3) is 5.91 Å². The van der Waals surface area contributed by atoms with Gasteiger partial charge in [-0.15, -0.1) is 6.58 Å². The van der Waals surface area contributed by atoms with Crippen LogP contribution in [0.5, 0.6) is 5.75 Å². The highest BCUT2D eigenvalue weighted by Gasteiger charge is 2.34. The quantitative estimate of drug-likeness (QED) is 0.507. The monoisotopic (exact) mass is 443 g/mol. The zero-order valence-corrected chi connectivity index (χ0v) is 19.4. The van der Waals surface area contributed by atoms with Crippen LogP contribution in [0.3, 0.4) is 0 Å². The zero-order valence-electron chi connectivity index (χ0n) is 19.4. The highest BCUT2D eigenvalue weighted by atomic mass is 16.5. The molecule has 1 unspecified atom stereocenters. The zero-order chi connectivity index (χ0) is 23.4. The minimum Gasteiger partial charge on any atom is -0.496 e. The first kappa shape index (κ1) is 22.5.